The quantitative estimate of drug-likeness (QED) is 0.330. The van der Waals surface area contributed by atoms with Gasteiger partial charge in [0.05, 0.1) is 46.7 Å². The molecule has 0 saturated heterocycles. The second-order valence-electron chi connectivity index (χ2n) is 7.18. The molecule has 2 aromatic carbocycles. The standard InChI is InChI=1S/C24H24N2O6S2/c1-4-14-26-20-13-8-17(23(28)32-5-2)16-21(20)33-24(26)25-22(27)7-6-15-34(29,30)19-11-9-18(31-3)10-12-19/h1,8-13,16H,5-7,14-15H2,2-3H3. The minimum atomic E-state index is -3.53. The number of nitrogens with zero attached hydrogens (tertiary/aromatic N) is 2. The molecule has 0 unspecified atom stereocenters. The van der Waals surface area contributed by atoms with Crippen molar-refractivity contribution in [2.24, 2.45) is 4.99 Å². The average Bonchev–Trinajstić information content (AvgIpc) is 3.15. The van der Waals surface area contributed by atoms with Crippen LogP contribution in [0.1, 0.15) is 30.1 Å². The van der Waals surface area contributed by atoms with Gasteiger partial charge >= 0.3 is 5.97 Å². The third kappa shape index (κ3) is 5.92. The minimum absolute atomic E-state index is 0.0340. The minimum Gasteiger partial charge on any atom is -0.497 e. The van der Waals surface area contributed by atoms with Crippen LogP contribution in [-0.4, -0.2) is 44.3 Å². The predicted octanol–water partition coefficient (Wildman–Crippen LogP) is 3.20. The number of hydrogen-bond acceptors (Lipinski definition) is 7. The molecule has 3 rings (SSSR count). The van der Waals surface area contributed by atoms with Crippen LogP contribution in [-0.2, 0) is 25.9 Å². The average molecular weight is 501 g/mol. The zero-order valence-electron chi connectivity index (χ0n) is 18.8. The fourth-order valence-corrected chi connectivity index (χ4v) is 5.62. The first kappa shape index (κ1) is 25.2. The molecule has 1 aromatic heterocycles. The van der Waals surface area contributed by atoms with Gasteiger partial charge in [0.2, 0.25) is 5.91 Å². The summed E-state index contributed by atoms with van der Waals surface area (Å²) < 4.78 is 37.6. The highest BCUT2D eigenvalue weighted by molar-refractivity contribution is 7.91. The molecule has 0 N–H and O–H groups in total. The van der Waals surface area contributed by atoms with Gasteiger partial charge < -0.3 is 14.0 Å². The Morgan fingerprint density at radius 3 is 2.56 bits per heavy atom. The molecule has 10 heteroatoms. The summed E-state index contributed by atoms with van der Waals surface area (Å²) in [4.78, 5) is 29.2. The normalized spacial score (nSPS) is 11.9. The molecule has 0 fully saturated rings. The van der Waals surface area contributed by atoms with Crippen LogP contribution in [0, 0.1) is 12.3 Å². The molecule has 178 valence electrons. The van der Waals surface area contributed by atoms with Gasteiger partial charge in [-0.3, -0.25) is 4.79 Å². The predicted molar refractivity (Wildman–Crippen MR) is 129 cm³/mol. The number of sulfone groups is 1. The number of thiazole rings is 1. The first-order chi connectivity index (χ1) is 16.3. The molecule has 1 amide bonds. The van der Waals surface area contributed by atoms with Gasteiger partial charge in [-0.25, -0.2) is 13.2 Å². The highest BCUT2D eigenvalue weighted by Gasteiger charge is 2.16. The van der Waals surface area contributed by atoms with Gasteiger partial charge in [-0.2, -0.15) is 4.99 Å². The number of terminal acetylenes is 1. The van der Waals surface area contributed by atoms with Crippen LogP contribution >= 0.6 is 11.3 Å². The Hall–Kier alpha value is -3.42. The van der Waals surface area contributed by atoms with Crippen LogP contribution in [0.4, 0.5) is 0 Å². The fourth-order valence-electron chi connectivity index (χ4n) is 3.22. The van der Waals surface area contributed by atoms with Crippen molar-refractivity contribution in [3.05, 3.63) is 52.8 Å². The highest BCUT2D eigenvalue weighted by Crippen LogP contribution is 2.20. The first-order valence-corrected chi connectivity index (χ1v) is 12.9. The van der Waals surface area contributed by atoms with Crippen molar-refractivity contribution >= 4 is 43.3 Å². The maximum Gasteiger partial charge on any atom is 0.338 e. The van der Waals surface area contributed by atoms with E-state index in [1.165, 1.54) is 30.6 Å². The lowest BCUT2D eigenvalue weighted by Crippen LogP contribution is -2.17. The number of esters is 1. The SMILES string of the molecule is C#CCn1c(=NC(=O)CCCS(=O)(=O)c2ccc(OC)cc2)sc2cc(C(=O)OCC)ccc21. The summed E-state index contributed by atoms with van der Waals surface area (Å²) in [5.74, 6) is 2.03. The number of methoxy groups -OCH3 is 1. The Morgan fingerprint density at radius 2 is 1.91 bits per heavy atom. The summed E-state index contributed by atoms with van der Waals surface area (Å²) in [7, 11) is -2.03. The number of ether oxygens (including phenoxy) is 2. The van der Waals surface area contributed by atoms with Gasteiger partial charge in [0, 0.05) is 6.42 Å². The molecule has 0 aliphatic carbocycles. The summed E-state index contributed by atoms with van der Waals surface area (Å²) in [6.45, 7) is 2.19. The maximum absolute atomic E-state index is 12.5. The van der Waals surface area contributed by atoms with E-state index in [0.29, 0.717) is 16.1 Å². The molecule has 3 aromatic rings. The van der Waals surface area contributed by atoms with Crippen molar-refractivity contribution in [1.29, 1.82) is 0 Å². The lowest BCUT2D eigenvalue weighted by molar-refractivity contribution is -0.118. The smallest absolute Gasteiger partial charge is 0.338 e. The summed E-state index contributed by atoms with van der Waals surface area (Å²) in [5, 5.41) is 0. The van der Waals surface area contributed by atoms with E-state index in [4.69, 9.17) is 15.9 Å². The number of aromatic nitrogens is 1. The molecule has 0 saturated carbocycles. The number of fused-ring (bicyclic) bond motifs is 1. The zero-order valence-corrected chi connectivity index (χ0v) is 20.4. The van der Waals surface area contributed by atoms with E-state index in [0.717, 1.165) is 10.2 Å². The van der Waals surface area contributed by atoms with Gasteiger partial charge in [-0.05, 0) is 55.8 Å². The molecule has 1 heterocycles. The Balaban J connectivity index is 1.77. The zero-order chi connectivity index (χ0) is 24.7. The summed E-state index contributed by atoms with van der Waals surface area (Å²) in [5.41, 5.74) is 1.13. The lowest BCUT2D eigenvalue weighted by Gasteiger charge is -2.05. The van der Waals surface area contributed by atoms with Gasteiger partial charge in [0.25, 0.3) is 0 Å². The second kappa shape index (κ2) is 11.1. The molecule has 0 aliphatic heterocycles. The summed E-state index contributed by atoms with van der Waals surface area (Å²) in [6, 6.07) is 11.2. The van der Waals surface area contributed by atoms with Crippen molar-refractivity contribution in [3.63, 3.8) is 0 Å². The van der Waals surface area contributed by atoms with E-state index in [1.54, 1.807) is 41.8 Å². The fraction of sp³-hybridized carbons (Fsp3) is 0.292. The van der Waals surface area contributed by atoms with E-state index in [-0.39, 0.29) is 36.6 Å². The van der Waals surface area contributed by atoms with Crippen molar-refractivity contribution < 1.29 is 27.5 Å². The van der Waals surface area contributed by atoms with Crippen LogP contribution in [0.25, 0.3) is 10.2 Å². The van der Waals surface area contributed by atoms with E-state index in [9.17, 15) is 18.0 Å². The largest absolute Gasteiger partial charge is 0.497 e. The summed E-state index contributed by atoms with van der Waals surface area (Å²) >= 11 is 1.22. The number of benzene rings is 2. The number of hydrogen-bond donors (Lipinski definition) is 0. The molecule has 0 radical (unpaired) electrons. The second-order valence-corrected chi connectivity index (χ2v) is 10.3. The number of amides is 1. The van der Waals surface area contributed by atoms with Gasteiger partial charge in [0.1, 0.15) is 5.75 Å². The van der Waals surface area contributed by atoms with Gasteiger partial charge in [-0.1, -0.05) is 17.3 Å². The van der Waals surface area contributed by atoms with Crippen LogP contribution in [0.3, 0.4) is 0 Å². The van der Waals surface area contributed by atoms with Gasteiger partial charge in [-0.15, -0.1) is 6.42 Å². The van der Waals surface area contributed by atoms with E-state index < -0.39 is 21.7 Å². The molecular formula is C24H24N2O6S2. The highest BCUT2D eigenvalue weighted by atomic mass is 32.2. The number of carbonyl (C=O) groups excluding carboxylic acids is 2. The van der Waals surface area contributed by atoms with Crippen molar-refractivity contribution in [2.45, 2.75) is 31.2 Å². The molecule has 0 atom stereocenters. The molecule has 0 bridgehead atoms. The Labute approximate surface area is 201 Å². The maximum atomic E-state index is 12.5. The molecule has 0 spiro atoms. The molecular weight excluding hydrogens is 476 g/mol. The van der Waals surface area contributed by atoms with Crippen LogP contribution in [0.15, 0.2) is 52.4 Å². The summed E-state index contributed by atoms with van der Waals surface area (Å²) in [6.07, 6.45) is 5.58. The monoisotopic (exact) mass is 500 g/mol. The first-order valence-electron chi connectivity index (χ1n) is 10.5. The van der Waals surface area contributed by atoms with Crippen molar-refractivity contribution in [1.82, 2.24) is 4.57 Å². The van der Waals surface area contributed by atoms with Gasteiger partial charge in [0.15, 0.2) is 14.6 Å². The van der Waals surface area contributed by atoms with Crippen LogP contribution in [0.5, 0.6) is 5.75 Å². The number of rotatable bonds is 9. The molecule has 8 nitrogen and oxygen atoms in total. The van der Waals surface area contributed by atoms with E-state index in [2.05, 4.69) is 10.9 Å². The molecule has 0 aliphatic rings. The van der Waals surface area contributed by atoms with Crippen molar-refractivity contribution in [2.75, 3.05) is 19.5 Å². The lowest BCUT2D eigenvalue weighted by atomic mass is 10.2. The Morgan fingerprint density at radius 1 is 1.18 bits per heavy atom. The number of carbonyl (C=O) groups is 2. The molecule has 34 heavy (non-hydrogen) atoms. The Bertz CT molecular complexity index is 1410. The third-order valence-electron chi connectivity index (χ3n) is 4.89. The van der Waals surface area contributed by atoms with E-state index >= 15 is 0 Å². The Kier molecular flexibility index (Phi) is 8.26. The van der Waals surface area contributed by atoms with Crippen molar-refractivity contribution in [3.8, 4) is 18.1 Å². The topological polar surface area (TPSA) is 104 Å². The third-order valence-corrected chi connectivity index (χ3v) is 7.74. The van der Waals surface area contributed by atoms with Crippen LogP contribution < -0.4 is 9.54 Å². The van der Waals surface area contributed by atoms with E-state index in [1.807, 2.05) is 0 Å². The van der Waals surface area contributed by atoms with Crippen LogP contribution in [0.2, 0.25) is 0 Å².